The van der Waals surface area contributed by atoms with Crippen molar-refractivity contribution < 1.29 is 0 Å². The molecule has 2 heterocycles. The average molecular weight is 384 g/mol. The van der Waals surface area contributed by atoms with Crippen LogP contribution in [0.2, 0.25) is 0 Å². The predicted octanol–water partition coefficient (Wildman–Crippen LogP) is 4.31. The number of aromatic nitrogens is 2. The van der Waals surface area contributed by atoms with Crippen LogP contribution in [0.1, 0.15) is 44.5 Å². The van der Waals surface area contributed by atoms with Gasteiger partial charge in [-0.2, -0.15) is 4.98 Å². The van der Waals surface area contributed by atoms with Crippen LogP contribution in [0.15, 0.2) is 36.4 Å². The number of anilines is 2. The Kier molecular flexibility index (Phi) is 6.26. The minimum Gasteiger partial charge on any atom is -0.356 e. The molecule has 0 amide bonds. The van der Waals surface area contributed by atoms with Crippen LogP contribution in [-0.2, 0) is 0 Å². The lowest BCUT2D eigenvalue weighted by Gasteiger charge is -2.36. The van der Waals surface area contributed by atoms with Gasteiger partial charge in [0.15, 0.2) is 5.11 Å². The highest BCUT2D eigenvalue weighted by atomic mass is 32.1. The molecule has 0 unspecified atom stereocenters. The lowest BCUT2D eigenvalue weighted by Crippen LogP contribution is -2.39. The van der Waals surface area contributed by atoms with Crippen molar-refractivity contribution in [2.24, 2.45) is 11.8 Å². The maximum atomic E-state index is 5.48. The van der Waals surface area contributed by atoms with Gasteiger partial charge in [0.2, 0.25) is 5.95 Å². The van der Waals surface area contributed by atoms with Gasteiger partial charge in [-0.1, -0.05) is 44.2 Å². The van der Waals surface area contributed by atoms with E-state index in [4.69, 9.17) is 17.2 Å². The Labute approximate surface area is 167 Å². The summed E-state index contributed by atoms with van der Waals surface area (Å²) in [5.41, 5.74) is 2.12. The molecule has 0 aliphatic carbocycles. The number of nitrogens with zero attached hydrogens (tertiary/aromatic N) is 3. The SMILES string of the molecule is Cc1cc(N2C[C@H](C)C[C@H](C)C2)nc(NC(=S)N[C@@H](C)c2ccccc2)n1. The number of hydrogen-bond acceptors (Lipinski definition) is 4. The molecular weight excluding hydrogens is 354 g/mol. The Morgan fingerprint density at radius 1 is 1.15 bits per heavy atom. The molecule has 144 valence electrons. The second kappa shape index (κ2) is 8.65. The Morgan fingerprint density at radius 2 is 1.81 bits per heavy atom. The largest absolute Gasteiger partial charge is 0.356 e. The van der Waals surface area contributed by atoms with Gasteiger partial charge in [-0.05, 0) is 49.9 Å². The molecule has 0 bridgehead atoms. The third-order valence-electron chi connectivity index (χ3n) is 4.91. The van der Waals surface area contributed by atoms with E-state index in [0.29, 0.717) is 22.9 Å². The molecule has 27 heavy (non-hydrogen) atoms. The maximum absolute atomic E-state index is 5.48. The summed E-state index contributed by atoms with van der Waals surface area (Å²) < 4.78 is 0. The summed E-state index contributed by atoms with van der Waals surface area (Å²) in [5, 5.41) is 6.99. The molecule has 5 nitrogen and oxygen atoms in total. The molecule has 0 saturated carbocycles. The van der Waals surface area contributed by atoms with E-state index in [1.807, 2.05) is 25.1 Å². The van der Waals surface area contributed by atoms with Crippen LogP contribution in [0.3, 0.4) is 0 Å². The molecule has 6 heteroatoms. The van der Waals surface area contributed by atoms with Crippen molar-refractivity contribution in [1.82, 2.24) is 15.3 Å². The maximum Gasteiger partial charge on any atom is 0.231 e. The fraction of sp³-hybridized carbons (Fsp3) is 0.476. The summed E-state index contributed by atoms with van der Waals surface area (Å²) in [7, 11) is 0. The molecule has 1 saturated heterocycles. The summed E-state index contributed by atoms with van der Waals surface area (Å²) in [5.74, 6) is 2.88. The molecule has 2 aromatic rings. The summed E-state index contributed by atoms with van der Waals surface area (Å²) in [6.07, 6.45) is 1.27. The van der Waals surface area contributed by atoms with Gasteiger partial charge in [0.25, 0.3) is 0 Å². The average Bonchev–Trinajstić information content (AvgIpc) is 2.61. The van der Waals surface area contributed by atoms with E-state index < -0.39 is 0 Å². The van der Waals surface area contributed by atoms with E-state index in [0.717, 1.165) is 24.6 Å². The number of aryl methyl sites for hydroxylation is 1. The fourth-order valence-corrected chi connectivity index (χ4v) is 4.05. The summed E-state index contributed by atoms with van der Waals surface area (Å²) in [4.78, 5) is 11.6. The molecule has 3 rings (SSSR count). The minimum atomic E-state index is 0.110. The van der Waals surface area contributed by atoms with Gasteiger partial charge in [0.05, 0.1) is 6.04 Å². The summed E-state index contributed by atoms with van der Waals surface area (Å²) in [6.45, 7) is 10.8. The molecule has 1 aliphatic heterocycles. The predicted molar refractivity (Wildman–Crippen MR) is 116 cm³/mol. The highest BCUT2D eigenvalue weighted by molar-refractivity contribution is 7.80. The molecule has 1 aromatic carbocycles. The first kappa shape index (κ1) is 19.5. The van der Waals surface area contributed by atoms with Crippen LogP contribution in [0.5, 0.6) is 0 Å². The van der Waals surface area contributed by atoms with Crippen molar-refractivity contribution in [2.75, 3.05) is 23.3 Å². The number of hydrogen-bond donors (Lipinski definition) is 2. The zero-order valence-corrected chi connectivity index (χ0v) is 17.4. The normalized spacial score (nSPS) is 20.8. The second-order valence-electron chi connectivity index (χ2n) is 7.77. The number of thiocarbonyl (C=S) groups is 1. The van der Waals surface area contributed by atoms with E-state index in [1.54, 1.807) is 0 Å². The smallest absolute Gasteiger partial charge is 0.231 e. The minimum absolute atomic E-state index is 0.110. The molecular formula is C21H29N5S. The monoisotopic (exact) mass is 383 g/mol. The van der Waals surface area contributed by atoms with Gasteiger partial charge < -0.3 is 15.5 Å². The summed E-state index contributed by atoms with van der Waals surface area (Å²) in [6, 6.07) is 12.4. The Balaban J connectivity index is 1.68. The molecule has 0 spiro atoms. The first-order valence-electron chi connectivity index (χ1n) is 9.64. The van der Waals surface area contributed by atoms with Crippen molar-refractivity contribution in [1.29, 1.82) is 0 Å². The zero-order chi connectivity index (χ0) is 19.4. The number of rotatable bonds is 4. The molecule has 1 fully saturated rings. The highest BCUT2D eigenvalue weighted by Crippen LogP contribution is 2.26. The Bertz CT molecular complexity index is 769. The second-order valence-corrected chi connectivity index (χ2v) is 8.18. The van der Waals surface area contributed by atoms with Crippen LogP contribution >= 0.6 is 12.2 Å². The quantitative estimate of drug-likeness (QED) is 0.767. The topological polar surface area (TPSA) is 53.1 Å². The van der Waals surface area contributed by atoms with E-state index in [9.17, 15) is 0 Å². The summed E-state index contributed by atoms with van der Waals surface area (Å²) >= 11 is 5.48. The van der Waals surface area contributed by atoms with Gasteiger partial charge in [0, 0.05) is 24.8 Å². The van der Waals surface area contributed by atoms with E-state index in [2.05, 4.69) is 59.5 Å². The van der Waals surface area contributed by atoms with Crippen LogP contribution in [0.4, 0.5) is 11.8 Å². The van der Waals surface area contributed by atoms with Crippen molar-refractivity contribution in [3.63, 3.8) is 0 Å². The number of benzene rings is 1. The van der Waals surface area contributed by atoms with E-state index in [-0.39, 0.29) is 6.04 Å². The Morgan fingerprint density at radius 3 is 2.48 bits per heavy atom. The van der Waals surface area contributed by atoms with Crippen LogP contribution < -0.4 is 15.5 Å². The van der Waals surface area contributed by atoms with Crippen molar-refractivity contribution in [2.45, 2.75) is 40.2 Å². The van der Waals surface area contributed by atoms with Crippen LogP contribution in [-0.4, -0.2) is 28.2 Å². The van der Waals surface area contributed by atoms with Gasteiger partial charge in [-0.25, -0.2) is 4.98 Å². The molecule has 1 aromatic heterocycles. The van der Waals surface area contributed by atoms with Crippen LogP contribution in [0, 0.1) is 18.8 Å². The first-order valence-corrected chi connectivity index (χ1v) is 10.0. The lowest BCUT2D eigenvalue weighted by molar-refractivity contribution is 0.355. The highest BCUT2D eigenvalue weighted by Gasteiger charge is 2.23. The van der Waals surface area contributed by atoms with E-state index >= 15 is 0 Å². The van der Waals surface area contributed by atoms with E-state index in [1.165, 1.54) is 12.0 Å². The van der Waals surface area contributed by atoms with Crippen molar-refractivity contribution >= 4 is 29.1 Å². The molecule has 2 N–H and O–H groups in total. The lowest BCUT2D eigenvalue weighted by atomic mass is 9.92. The van der Waals surface area contributed by atoms with Gasteiger partial charge in [-0.15, -0.1) is 0 Å². The third kappa shape index (κ3) is 5.39. The third-order valence-corrected chi connectivity index (χ3v) is 5.13. The zero-order valence-electron chi connectivity index (χ0n) is 16.6. The van der Waals surface area contributed by atoms with Gasteiger partial charge in [0.1, 0.15) is 5.82 Å². The fourth-order valence-electron chi connectivity index (χ4n) is 3.78. The number of piperidine rings is 1. The van der Waals surface area contributed by atoms with Gasteiger partial charge in [-0.3, -0.25) is 0 Å². The standard InChI is InChI=1S/C21H29N5S/c1-14-10-15(2)13-26(12-14)19-11-16(3)22-20(24-19)25-21(27)23-17(4)18-8-6-5-7-9-18/h5-9,11,14-15,17H,10,12-13H2,1-4H3,(H2,22,23,24,25,27)/t14-,15+,17-/m0/s1. The number of nitrogens with one attached hydrogen (secondary N) is 2. The molecule has 0 radical (unpaired) electrons. The molecule has 1 aliphatic rings. The molecule has 3 atom stereocenters. The van der Waals surface area contributed by atoms with Crippen molar-refractivity contribution in [3.8, 4) is 0 Å². The first-order chi connectivity index (χ1) is 12.9. The van der Waals surface area contributed by atoms with Gasteiger partial charge >= 0.3 is 0 Å². The van der Waals surface area contributed by atoms with Crippen LogP contribution in [0.25, 0.3) is 0 Å². The van der Waals surface area contributed by atoms with Crippen molar-refractivity contribution in [3.05, 3.63) is 47.7 Å². The Hall–Kier alpha value is -2.21.